The summed E-state index contributed by atoms with van der Waals surface area (Å²) in [5.74, 6) is -0.113. The molecular formula is C21H26N2O2. The first kappa shape index (κ1) is 18.9. The summed E-state index contributed by atoms with van der Waals surface area (Å²) in [6.07, 6.45) is 3.98. The quantitative estimate of drug-likeness (QED) is 0.566. The number of para-hydroxylation sites is 1. The maximum atomic E-state index is 12.9. The molecule has 0 unspecified atom stereocenters. The van der Waals surface area contributed by atoms with E-state index in [9.17, 15) is 9.59 Å². The zero-order chi connectivity index (χ0) is 18.2. The Bertz CT molecular complexity index is 733. The summed E-state index contributed by atoms with van der Waals surface area (Å²) >= 11 is 0. The first-order valence-electron chi connectivity index (χ1n) is 8.70. The van der Waals surface area contributed by atoms with Gasteiger partial charge in [-0.15, -0.1) is 0 Å². The summed E-state index contributed by atoms with van der Waals surface area (Å²) in [7, 11) is 0. The van der Waals surface area contributed by atoms with E-state index in [4.69, 9.17) is 5.73 Å². The molecule has 25 heavy (non-hydrogen) atoms. The van der Waals surface area contributed by atoms with E-state index < -0.39 is 0 Å². The molecule has 1 amide bonds. The summed E-state index contributed by atoms with van der Waals surface area (Å²) < 4.78 is 0. The highest BCUT2D eigenvalue weighted by atomic mass is 16.1. The Kier molecular flexibility index (Phi) is 6.90. The molecule has 0 saturated carbocycles. The SMILES string of the molecule is Cc1cccc(C)c1NC(=O)c1cc(CN)ccc1CCCCC=O. The average molecular weight is 338 g/mol. The zero-order valence-corrected chi connectivity index (χ0v) is 15.0. The van der Waals surface area contributed by atoms with Crippen LogP contribution >= 0.6 is 0 Å². The minimum atomic E-state index is -0.113. The molecule has 0 spiro atoms. The zero-order valence-electron chi connectivity index (χ0n) is 15.0. The minimum Gasteiger partial charge on any atom is -0.326 e. The predicted octanol–water partition coefficient (Wildman–Crippen LogP) is 3.93. The van der Waals surface area contributed by atoms with E-state index in [-0.39, 0.29) is 5.91 Å². The molecular weight excluding hydrogens is 312 g/mol. The topological polar surface area (TPSA) is 72.2 Å². The Morgan fingerprint density at radius 1 is 1.12 bits per heavy atom. The van der Waals surface area contributed by atoms with Crippen molar-refractivity contribution in [2.24, 2.45) is 5.73 Å². The number of amides is 1. The van der Waals surface area contributed by atoms with Gasteiger partial charge in [-0.3, -0.25) is 4.79 Å². The maximum absolute atomic E-state index is 12.9. The van der Waals surface area contributed by atoms with E-state index in [0.29, 0.717) is 18.5 Å². The molecule has 0 fully saturated rings. The fraction of sp³-hybridized carbons (Fsp3) is 0.333. The van der Waals surface area contributed by atoms with E-state index in [1.807, 2.05) is 50.2 Å². The lowest BCUT2D eigenvalue weighted by atomic mass is 9.98. The highest BCUT2D eigenvalue weighted by Gasteiger charge is 2.14. The molecule has 0 atom stereocenters. The third-order valence-corrected chi connectivity index (χ3v) is 4.39. The van der Waals surface area contributed by atoms with Crippen molar-refractivity contribution in [2.75, 3.05) is 5.32 Å². The van der Waals surface area contributed by atoms with E-state index >= 15 is 0 Å². The van der Waals surface area contributed by atoms with Crippen LogP contribution in [0.1, 0.15) is 51.9 Å². The van der Waals surface area contributed by atoms with E-state index in [2.05, 4.69) is 5.32 Å². The summed E-state index contributed by atoms with van der Waals surface area (Å²) in [5, 5.41) is 3.05. The number of benzene rings is 2. The second kappa shape index (κ2) is 9.14. The van der Waals surface area contributed by atoms with Gasteiger partial charge in [0.25, 0.3) is 5.91 Å². The lowest BCUT2D eigenvalue weighted by molar-refractivity contribution is -0.107. The number of hydrogen-bond acceptors (Lipinski definition) is 3. The van der Waals surface area contributed by atoms with Gasteiger partial charge in [0.2, 0.25) is 0 Å². The third-order valence-electron chi connectivity index (χ3n) is 4.39. The highest BCUT2D eigenvalue weighted by Crippen LogP contribution is 2.22. The minimum absolute atomic E-state index is 0.113. The van der Waals surface area contributed by atoms with Crippen LogP contribution in [0.5, 0.6) is 0 Å². The van der Waals surface area contributed by atoms with Crippen LogP contribution in [0.15, 0.2) is 36.4 Å². The van der Waals surface area contributed by atoms with Crippen LogP contribution in [-0.2, 0) is 17.8 Å². The molecule has 0 aromatic heterocycles. The van der Waals surface area contributed by atoms with Crippen molar-refractivity contribution in [1.29, 1.82) is 0 Å². The van der Waals surface area contributed by atoms with Crippen molar-refractivity contribution in [3.8, 4) is 0 Å². The molecule has 0 aliphatic rings. The highest BCUT2D eigenvalue weighted by molar-refractivity contribution is 6.06. The number of unbranched alkanes of at least 4 members (excludes halogenated alkanes) is 2. The standard InChI is InChI=1S/C21H26N2O2/c1-15-7-6-8-16(2)20(15)23-21(25)19-13-17(14-22)10-11-18(19)9-4-3-5-12-24/h6-8,10-13H,3-5,9,14,22H2,1-2H3,(H,23,25). The second-order valence-corrected chi connectivity index (χ2v) is 6.33. The van der Waals surface area contributed by atoms with Crippen LogP contribution in [0.25, 0.3) is 0 Å². The lowest BCUT2D eigenvalue weighted by Gasteiger charge is -2.15. The van der Waals surface area contributed by atoms with Crippen molar-refractivity contribution in [3.63, 3.8) is 0 Å². The van der Waals surface area contributed by atoms with Gasteiger partial charge in [0.05, 0.1) is 0 Å². The van der Waals surface area contributed by atoms with Crippen LogP contribution in [0.2, 0.25) is 0 Å². The number of aryl methyl sites for hydroxylation is 3. The molecule has 2 aromatic carbocycles. The lowest BCUT2D eigenvalue weighted by Crippen LogP contribution is -2.17. The first-order chi connectivity index (χ1) is 12.1. The summed E-state index contributed by atoms with van der Waals surface area (Å²) in [4.78, 5) is 23.4. The van der Waals surface area contributed by atoms with Crippen molar-refractivity contribution in [2.45, 2.75) is 46.1 Å². The molecule has 0 saturated heterocycles. The van der Waals surface area contributed by atoms with Gasteiger partial charge in [-0.25, -0.2) is 0 Å². The number of carbonyl (C=O) groups excluding carboxylic acids is 2. The van der Waals surface area contributed by atoms with E-state index in [0.717, 1.165) is 53.5 Å². The monoisotopic (exact) mass is 338 g/mol. The Labute approximate surface area is 149 Å². The van der Waals surface area contributed by atoms with Gasteiger partial charge < -0.3 is 15.8 Å². The van der Waals surface area contributed by atoms with Crippen LogP contribution in [0, 0.1) is 13.8 Å². The predicted molar refractivity (Wildman–Crippen MR) is 102 cm³/mol. The van der Waals surface area contributed by atoms with Gasteiger partial charge in [-0.2, -0.15) is 0 Å². The molecule has 0 heterocycles. The Morgan fingerprint density at radius 3 is 2.48 bits per heavy atom. The second-order valence-electron chi connectivity index (χ2n) is 6.33. The number of aldehydes is 1. The molecule has 4 heteroatoms. The molecule has 0 bridgehead atoms. The molecule has 0 radical (unpaired) electrons. The van der Waals surface area contributed by atoms with Gasteiger partial charge in [-0.05, 0) is 61.4 Å². The first-order valence-corrected chi connectivity index (χ1v) is 8.70. The normalized spacial score (nSPS) is 10.5. The third kappa shape index (κ3) is 5.00. The number of carbonyl (C=O) groups is 2. The molecule has 2 rings (SSSR count). The fourth-order valence-electron chi connectivity index (χ4n) is 2.92. The number of nitrogens with two attached hydrogens (primary N) is 1. The van der Waals surface area contributed by atoms with Crippen LogP contribution in [0.4, 0.5) is 5.69 Å². The van der Waals surface area contributed by atoms with Crippen LogP contribution in [0.3, 0.4) is 0 Å². The van der Waals surface area contributed by atoms with Crippen molar-refractivity contribution in [3.05, 3.63) is 64.2 Å². The maximum Gasteiger partial charge on any atom is 0.255 e. The van der Waals surface area contributed by atoms with E-state index in [1.165, 1.54) is 0 Å². The fourth-order valence-corrected chi connectivity index (χ4v) is 2.92. The smallest absolute Gasteiger partial charge is 0.255 e. The average Bonchev–Trinajstić information content (AvgIpc) is 2.62. The van der Waals surface area contributed by atoms with Crippen LogP contribution in [-0.4, -0.2) is 12.2 Å². The number of nitrogens with one attached hydrogen (secondary N) is 1. The summed E-state index contributed by atoms with van der Waals surface area (Å²) in [6.45, 7) is 4.37. The Balaban J connectivity index is 2.25. The summed E-state index contributed by atoms with van der Waals surface area (Å²) in [6, 6.07) is 11.8. The molecule has 4 nitrogen and oxygen atoms in total. The van der Waals surface area contributed by atoms with Crippen molar-refractivity contribution < 1.29 is 9.59 Å². The molecule has 0 aliphatic carbocycles. The number of rotatable bonds is 8. The molecule has 3 N–H and O–H groups in total. The molecule has 132 valence electrons. The largest absolute Gasteiger partial charge is 0.326 e. The van der Waals surface area contributed by atoms with Crippen LogP contribution < -0.4 is 11.1 Å². The Hall–Kier alpha value is -2.46. The van der Waals surface area contributed by atoms with Gasteiger partial charge in [-0.1, -0.05) is 30.3 Å². The Morgan fingerprint density at radius 2 is 1.84 bits per heavy atom. The van der Waals surface area contributed by atoms with Gasteiger partial charge in [0, 0.05) is 24.2 Å². The van der Waals surface area contributed by atoms with Gasteiger partial charge >= 0.3 is 0 Å². The van der Waals surface area contributed by atoms with E-state index in [1.54, 1.807) is 0 Å². The van der Waals surface area contributed by atoms with Gasteiger partial charge in [0.15, 0.2) is 0 Å². The number of anilines is 1. The van der Waals surface area contributed by atoms with Gasteiger partial charge in [0.1, 0.15) is 6.29 Å². The molecule has 0 aliphatic heterocycles. The molecule has 2 aromatic rings. The van der Waals surface area contributed by atoms with Crippen molar-refractivity contribution >= 4 is 17.9 Å². The summed E-state index contributed by atoms with van der Waals surface area (Å²) in [5.41, 5.74) is 11.3. The number of hydrogen-bond donors (Lipinski definition) is 2. The van der Waals surface area contributed by atoms with Crippen molar-refractivity contribution in [1.82, 2.24) is 0 Å².